The molecule has 5 aromatic rings. The van der Waals surface area contributed by atoms with Gasteiger partial charge in [-0.3, -0.25) is 4.79 Å². The molecule has 0 saturated heterocycles. The monoisotopic (exact) mass is 576 g/mol. The topological polar surface area (TPSA) is 103 Å². The van der Waals surface area contributed by atoms with Crippen molar-refractivity contribution >= 4 is 55.6 Å². The van der Waals surface area contributed by atoms with Gasteiger partial charge in [-0.25, -0.2) is 4.98 Å². The van der Waals surface area contributed by atoms with Crippen molar-refractivity contribution in [1.29, 1.82) is 5.26 Å². The highest BCUT2D eigenvalue weighted by atomic mass is 79.9. The molecule has 0 aliphatic carbocycles. The van der Waals surface area contributed by atoms with E-state index in [1.54, 1.807) is 24.3 Å². The SMILES string of the molecule is CCOc1cc(C=Nn2c(-c3cc4ccccc4o3)nc3ccccc3c2=O)c(Br)c(Cl)c1OCC#N. The first-order chi connectivity index (χ1) is 18.0. The number of aromatic nitrogens is 2. The molecule has 8 nitrogen and oxygen atoms in total. The summed E-state index contributed by atoms with van der Waals surface area (Å²) in [5.74, 6) is 1.22. The molecule has 37 heavy (non-hydrogen) atoms. The maximum absolute atomic E-state index is 13.5. The van der Waals surface area contributed by atoms with Gasteiger partial charge in [0, 0.05) is 15.4 Å². The number of rotatable bonds is 7. The fourth-order valence-corrected chi connectivity index (χ4v) is 4.46. The summed E-state index contributed by atoms with van der Waals surface area (Å²) in [6.07, 6.45) is 1.47. The Morgan fingerprint density at radius 1 is 1.19 bits per heavy atom. The van der Waals surface area contributed by atoms with E-state index in [4.69, 9.17) is 35.7 Å². The zero-order chi connectivity index (χ0) is 25.9. The Labute approximate surface area is 224 Å². The molecule has 0 aliphatic rings. The van der Waals surface area contributed by atoms with Crippen LogP contribution in [0.3, 0.4) is 0 Å². The highest BCUT2D eigenvalue weighted by molar-refractivity contribution is 9.10. The number of benzene rings is 3. The lowest BCUT2D eigenvalue weighted by atomic mass is 10.2. The summed E-state index contributed by atoms with van der Waals surface area (Å²) in [5.41, 5.74) is 1.35. The molecule has 0 atom stereocenters. The van der Waals surface area contributed by atoms with E-state index >= 15 is 0 Å². The number of ether oxygens (including phenoxy) is 2. The van der Waals surface area contributed by atoms with Crippen LogP contribution in [0.4, 0.5) is 0 Å². The van der Waals surface area contributed by atoms with Crippen molar-refractivity contribution in [2.75, 3.05) is 13.2 Å². The molecule has 0 spiro atoms. The highest BCUT2D eigenvalue weighted by Gasteiger charge is 2.19. The van der Waals surface area contributed by atoms with Crippen molar-refractivity contribution in [2.45, 2.75) is 6.92 Å². The molecular weight excluding hydrogens is 560 g/mol. The van der Waals surface area contributed by atoms with Crippen LogP contribution in [-0.2, 0) is 0 Å². The Kier molecular flexibility index (Phi) is 6.95. The van der Waals surface area contributed by atoms with Gasteiger partial charge < -0.3 is 13.9 Å². The third-order valence-corrected chi connectivity index (χ3v) is 6.89. The Morgan fingerprint density at radius 3 is 2.76 bits per heavy atom. The summed E-state index contributed by atoms with van der Waals surface area (Å²) in [6.45, 7) is 1.97. The predicted octanol–water partition coefficient (Wildman–Crippen LogP) is 6.41. The van der Waals surface area contributed by atoms with Crippen molar-refractivity contribution in [3.8, 4) is 29.2 Å². The van der Waals surface area contributed by atoms with E-state index in [0.717, 1.165) is 5.39 Å². The molecule has 0 amide bonds. The number of fused-ring (bicyclic) bond motifs is 2. The molecule has 5 rings (SSSR count). The smallest absolute Gasteiger partial charge is 0.282 e. The fourth-order valence-electron chi connectivity index (χ4n) is 3.80. The van der Waals surface area contributed by atoms with E-state index in [1.165, 1.54) is 10.9 Å². The Bertz CT molecular complexity index is 1740. The van der Waals surface area contributed by atoms with E-state index in [0.29, 0.717) is 44.6 Å². The first-order valence-electron chi connectivity index (χ1n) is 11.2. The number of furan rings is 1. The molecule has 3 aromatic carbocycles. The second kappa shape index (κ2) is 10.5. The predicted molar refractivity (Wildman–Crippen MR) is 146 cm³/mol. The lowest BCUT2D eigenvalue weighted by Gasteiger charge is -2.14. The summed E-state index contributed by atoms with van der Waals surface area (Å²) in [5, 5.41) is 14.9. The molecule has 0 N–H and O–H groups in total. The molecule has 10 heteroatoms. The van der Waals surface area contributed by atoms with Crippen LogP contribution in [-0.4, -0.2) is 29.1 Å². The van der Waals surface area contributed by atoms with Crippen LogP contribution >= 0.6 is 27.5 Å². The molecule has 0 unspecified atom stereocenters. The molecule has 184 valence electrons. The van der Waals surface area contributed by atoms with Crippen LogP contribution in [0.15, 0.2) is 79.4 Å². The van der Waals surface area contributed by atoms with Crippen LogP contribution in [0.25, 0.3) is 33.5 Å². The number of hydrogen-bond acceptors (Lipinski definition) is 7. The molecule has 0 bridgehead atoms. The van der Waals surface area contributed by atoms with E-state index < -0.39 is 0 Å². The highest BCUT2D eigenvalue weighted by Crippen LogP contribution is 2.42. The van der Waals surface area contributed by atoms with Gasteiger partial charge in [-0.15, -0.1) is 0 Å². The summed E-state index contributed by atoms with van der Waals surface area (Å²) < 4.78 is 18.8. The first-order valence-corrected chi connectivity index (χ1v) is 12.4. The van der Waals surface area contributed by atoms with Crippen LogP contribution in [0.1, 0.15) is 12.5 Å². The van der Waals surface area contributed by atoms with Gasteiger partial charge in [-0.1, -0.05) is 41.9 Å². The van der Waals surface area contributed by atoms with Gasteiger partial charge in [0.15, 0.2) is 23.9 Å². The first kappa shape index (κ1) is 24.6. The lowest BCUT2D eigenvalue weighted by Crippen LogP contribution is -2.20. The number of halogens is 2. The lowest BCUT2D eigenvalue weighted by molar-refractivity contribution is 0.298. The maximum Gasteiger partial charge on any atom is 0.282 e. The number of para-hydroxylation sites is 2. The molecule has 0 saturated carbocycles. The maximum atomic E-state index is 13.5. The van der Waals surface area contributed by atoms with E-state index in [2.05, 4.69) is 21.0 Å². The van der Waals surface area contributed by atoms with Crippen LogP contribution in [0.2, 0.25) is 5.02 Å². The van der Waals surface area contributed by atoms with Gasteiger partial charge in [-0.2, -0.15) is 15.0 Å². The molecule has 0 fully saturated rings. The van der Waals surface area contributed by atoms with Crippen molar-refractivity contribution < 1.29 is 13.9 Å². The van der Waals surface area contributed by atoms with Gasteiger partial charge in [0.05, 0.1) is 23.7 Å². The average Bonchev–Trinajstić information content (AvgIpc) is 3.35. The quantitative estimate of drug-likeness (QED) is 0.207. The summed E-state index contributed by atoms with van der Waals surface area (Å²) in [7, 11) is 0. The number of nitriles is 1. The van der Waals surface area contributed by atoms with Crippen LogP contribution in [0.5, 0.6) is 11.5 Å². The van der Waals surface area contributed by atoms with Gasteiger partial charge in [-0.05, 0) is 53.2 Å². The second-order valence-corrected chi connectivity index (χ2v) is 8.93. The minimum atomic E-state index is -0.362. The van der Waals surface area contributed by atoms with Crippen LogP contribution < -0.4 is 15.0 Å². The van der Waals surface area contributed by atoms with Gasteiger partial charge in [0.2, 0.25) is 5.82 Å². The second-order valence-electron chi connectivity index (χ2n) is 7.76. The standard InChI is InChI=1S/C27H18BrClN4O4/c1-2-35-21-14-17(23(28)24(29)25(21)36-12-11-30)15-31-33-26(22-13-16-7-3-6-10-20(16)37-22)32-19-9-5-4-8-18(19)27(33)34/h3-10,13-15H,2,12H2,1H3. The zero-order valence-corrected chi connectivity index (χ0v) is 21.8. The van der Waals surface area contributed by atoms with Gasteiger partial charge in [0.25, 0.3) is 5.56 Å². The molecule has 2 heterocycles. The Hall–Kier alpha value is -4.13. The van der Waals surface area contributed by atoms with Gasteiger partial charge >= 0.3 is 0 Å². The van der Waals surface area contributed by atoms with Crippen molar-refractivity contribution in [3.63, 3.8) is 0 Å². The Balaban J connectivity index is 1.68. The normalized spacial score (nSPS) is 11.3. The molecule has 0 aliphatic heterocycles. The summed E-state index contributed by atoms with van der Waals surface area (Å²) in [4.78, 5) is 18.2. The van der Waals surface area contributed by atoms with E-state index in [-0.39, 0.29) is 28.8 Å². The minimum absolute atomic E-state index is 0.196. The third kappa shape index (κ3) is 4.69. The fraction of sp³-hybridized carbons (Fsp3) is 0.111. The van der Waals surface area contributed by atoms with Gasteiger partial charge in [0.1, 0.15) is 16.7 Å². The van der Waals surface area contributed by atoms with E-state index in [9.17, 15) is 4.79 Å². The Morgan fingerprint density at radius 2 is 1.97 bits per heavy atom. The summed E-state index contributed by atoms with van der Waals surface area (Å²) in [6, 6.07) is 20.0. The molecule has 0 radical (unpaired) electrons. The van der Waals surface area contributed by atoms with Crippen molar-refractivity contribution in [1.82, 2.24) is 9.66 Å². The largest absolute Gasteiger partial charge is 0.490 e. The number of hydrogen-bond donors (Lipinski definition) is 0. The molecular formula is C27H18BrClN4O4. The zero-order valence-electron chi connectivity index (χ0n) is 19.4. The van der Waals surface area contributed by atoms with Crippen molar-refractivity contribution in [3.05, 3.63) is 86.1 Å². The summed E-state index contributed by atoms with van der Waals surface area (Å²) >= 11 is 9.98. The van der Waals surface area contributed by atoms with Crippen molar-refractivity contribution in [2.24, 2.45) is 5.10 Å². The third-order valence-electron chi connectivity index (χ3n) is 5.45. The molecule has 2 aromatic heterocycles. The number of nitrogens with zero attached hydrogens (tertiary/aromatic N) is 4. The minimum Gasteiger partial charge on any atom is -0.490 e. The average molecular weight is 578 g/mol. The van der Waals surface area contributed by atoms with E-state index in [1.807, 2.05) is 49.4 Å². The van der Waals surface area contributed by atoms with Crippen LogP contribution in [0, 0.1) is 11.3 Å².